The average molecular weight is 540 g/mol. The van der Waals surface area contributed by atoms with Gasteiger partial charge in [-0.3, -0.25) is 14.6 Å². The van der Waals surface area contributed by atoms with Gasteiger partial charge in [-0.15, -0.1) is 0 Å². The minimum Gasteiger partial charge on any atom is -0.482 e. The number of nitrogens with zero attached hydrogens (tertiary/aromatic N) is 1. The number of aliphatic hydroxyl groups is 1. The standard InChI is InChI=1S/C30H37NO8/c1-6-8-24(33)38-23-13-19-16(2)20(36-17(3)32)10-11-29(19,4)27-26(34)25-22(39-30(23,27)5)14-21(37-28(25)35)18-9-7-12-31-15-18/h7,9,12,14-16,19-20,23,26-27,34H,6,8,10-11,13H2,1-5H3/t16-,19?,20+,23+,26+,27?,29+,30-/m1/s1. The summed E-state index contributed by atoms with van der Waals surface area (Å²) in [6, 6.07) is 5.12. The number of carbonyl (C=O) groups is 2. The van der Waals surface area contributed by atoms with Crippen molar-refractivity contribution in [2.24, 2.45) is 23.2 Å². The highest BCUT2D eigenvalue weighted by molar-refractivity contribution is 5.69. The fourth-order valence-corrected chi connectivity index (χ4v) is 7.61. The molecule has 0 radical (unpaired) electrons. The van der Waals surface area contributed by atoms with Gasteiger partial charge in [-0.1, -0.05) is 20.8 Å². The van der Waals surface area contributed by atoms with Crippen molar-refractivity contribution >= 4 is 11.9 Å². The first kappa shape index (κ1) is 27.4. The summed E-state index contributed by atoms with van der Waals surface area (Å²) in [6.07, 6.45) is 3.67. The minimum atomic E-state index is -1.21. The molecule has 8 atom stereocenters. The zero-order chi connectivity index (χ0) is 28.1. The Morgan fingerprint density at radius 1 is 1.26 bits per heavy atom. The van der Waals surface area contributed by atoms with Crippen LogP contribution in [-0.4, -0.2) is 39.8 Å². The lowest BCUT2D eigenvalue weighted by Crippen LogP contribution is -2.69. The van der Waals surface area contributed by atoms with E-state index in [0.717, 1.165) is 0 Å². The molecular weight excluding hydrogens is 502 g/mol. The molecule has 9 heteroatoms. The third kappa shape index (κ3) is 4.54. The third-order valence-corrected chi connectivity index (χ3v) is 9.35. The Kier molecular flexibility index (Phi) is 7.07. The van der Waals surface area contributed by atoms with Crippen LogP contribution in [0.25, 0.3) is 11.3 Å². The van der Waals surface area contributed by atoms with E-state index < -0.39 is 34.8 Å². The van der Waals surface area contributed by atoms with Gasteiger partial charge in [0, 0.05) is 43.3 Å². The van der Waals surface area contributed by atoms with E-state index in [2.05, 4.69) is 11.9 Å². The van der Waals surface area contributed by atoms with Crippen molar-refractivity contribution in [2.75, 3.05) is 0 Å². The molecule has 39 heavy (non-hydrogen) atoms. The van der Waals surface area contributed by atoms with E-state index in [4.69, 9.17) is 18.6 Å². The predicted molar refractivity (Wildman–Crippen MR) is 141 cm³/mol. The van der Waals surface area contributed by atoms with Crippen LogP contribution in [0.3, 0.4) is 0 Å². The van der Waals surface area contributed by atoms with Crippen LogP contribution in [0, 0.1) is 23.2 Å². The van der Waals surface area contributed by atoms with Crippen molar-refractivity contribution in [1.29, 1.82) is 0 Å². The van der Waals surface area contributed by atoms with Crippen LogP contribution in [0.5, 0.6) is 5.75 Å². The normalized spacial score (nSPS) is 35.0. The Hall–Kier alpha value is -3.20. The number of fused-ring (bicyclic) bond motifs is 4. The maximum absolute atomic E-state index is 13.3. The quantitative estimate of drug-likeness (QED) is 0.543. The molecule has 0 amide bonds. The number of hydrogen-bond donors (Lipinski definition) is 1. The Bertz CT molecular complexity index is 1310. The van der Waals surface area contributed by atoms with Crippen LogP contribution < -0.4 is 10.4 Å². The second kappa shape index (κ2) is 10.1. The molecule has 210 valence electrons. The van der Waals surface area contributed by atoms with Crippen molar-refractivity contribution in [3.63, 3.8) is 0 Å². The minimum absolute atomic E-state index is 0.0532. The summed E-state index contributed by atoms with van der Waals surface area (Å²) in [4.78, 5) is 42.0. The molecule has 2 aliphatic carbocycles. The fourth-order valence-electron chi connectivity index (χ4n) is 7.61. The summed E-state index contributed by atoms with van der Waals surface area (Å²) in [5, 5.41) is 11.9. The van der Waals surface area contributed by atoms with Crippen LogP contribution in [0.1, 0.15) is 78.4 Å². The van der Waals surface area contributed by atoms with Gasteiger partial charge in [0.1, 0.15) is 34.9 Å². The molecule has 0 saturated heterocycles. The first-order valence-corrected chi connectivity index (χ1v) is 13.8. The van der Waals surface area contributed by atoms with Crippen molar-refractivity contribution in [3.8, 4) is 17.1 Å². The lowest BCUT2D eigenvalue weighted by molar-refractivity contribution is -0.250. The molecule has 2 unspecified atom stereocenters. The molecule has 2 fully saturated rings. The predicted octanol–water partition coefficient (Wildman–Crippen LogP) is 4.60. The molecule has 3 aliphatic rings. The molecule has 9 nitrogen and oxygen atoms in total. The van der Waals surface area contributed by atoms with Crippen LogP contribution >= 0.6 is 0 Å². The first-order valence-electron chi connectivity index (χ1n) is 13.8. The number of ether oxygens (including phenoxy) is 3. The maximum Gasteiger partial charge on any atom is 0.345 e. The number of hydrogen-bond acceptors (Lipinski definition) is 9. The fraction of sp³-hybridized carbons (Fsp3) is 0.600. The summed E-state index contributed by atoms with van der Waals surface area (Å²) in [6.45, 7) is 9.34. The summed E-state index contributed by atoms with van der Waals surface area (Å²) < 4.78 is 24.0. The number of aliphatic hydroxyl groups excluding tert-OH is 1. The van der Waals surface area contributed by atoms with E-state index >= 15 is 0 Å². The average Bonchev–Trinajstić information content (AvgIpc) is 2.87. The number of rotatable bonds is 5. The molecular formula is C30H37NO8. The second-order valence-electron chi connectivity index (χ2n) is 11.7. The summed E-state index contributed by atoms with van der Waals surface area (Å²) in [5.74, 6) is -0.870. The van der Waals surface area contributed by atoms with Crippen LogP contribution in [0.4, 0.5) is 0 Å². The molecule has 2 aromatic heterocycles. The van der Waals surface area contributed by atoms with Crippen LogP contribution in [0.15, 0.2) is 39.8 Å². The number of aromatic nitrogens is 1. The van der Waals surface area contributed by atoms with Gasteiger partial charge in [0.2, 0.25) is 0 Å². The van der Waals surface area contributed by atoms with E-state index in [1.54, 1.807) is 30.6 Å². The smallest absolute Gasteiger partial charge is 0.345 e. The van der Waals surface area contributed by atoms with Gasteiger partial charge in [-0.2, -0.15) is 0 Å². The van der Waals surface area contributed by atoms with Gasteiger partial charge in [-0.05, 0) is 62.0 Å². The summed E-state index contributed by atoms with van der Waals surface area (Å²) >= 11 is 0. The Morgan fingerprint density at radius 2 is 2.03 bits per heavy atom. The largest absolute Gasteiger partial charge is 0.482 e. The molecule has 5 rings (SSSR count). The summed E-state index contributed by atoms with van der Waals surface area (Å²) in [5.41, 5.74) is -1.62. The Balaban J connectivity index is 1.62. The van der Waals surface area contributed by atoms with E-state index in [1.807, 2.05) is 20.8 Å². The first-order chi connectivity index (χ1) is 18.5. The molecule has 0 bridgehead atoms. The molecule has 1 N–H and O–H groups in total. The van der Waals surface area contributed by atoms with E-state index in [1.165, 1.54) is 6.92 Å². The number of carbonyl (C=O) groups excluding carboxylic acids is 2. The Labute approximate surface area is 227 Å². The highest BCUT2D eigenvalue weighted by atomic mass is 16.6. The van der Waals surface area contributed by atoms with Gasteiger partial charge >= 0.3 is 17.6 Å². The van der Waals surface area contributed by atoms with Gasteiger partial charge in [0.15, 0.2) is 0 Å². The van der Waals surface area contributed by atoms with E-state index in [9.17, 15) is 19.5 Å². The van der Waals surface area contributed by atoms with Gasteiger partial charge in [0.25, 0.3) is 0 Å². The second-order valence-corrected chi connectivity index (χ2v) is 11.7. The van der Waals surface area contributed by atoms with Crippen molar-refractivity contribution in [2.45, 2.75) is 90.6 Å². The number of pyridine rings is 1. The van der Waals surface area contributed by atoms with Crippen LogP contribution in [-0.2, 0) is 19.1 Å². The van der Waals surface area contributed by atoms with Crippen LogP contribution in [0.2, 0.25) is 0 Å². The number of esters is 2. The van der Waals surface area contributed by atoms with Gasteiger partial charge in [-0.25, -0.2) is 4.79 Å². The molecule has 0 aromatic carbocycles. The monoisotopic (exact) mass is 539 g/mol. The van der Waals surface area contributed by atoms with E-state index in [-0.39, 0.29) is 53.4 Å². The van der Waals surface area contributed by atoms with Gasteiger partial charge in [0.05, 0.1) is 6.10 Å². The molecule has 2 saturated carbocycles. The third-order valence-electron chi connectivity index (χ3n) is 9.35. The molecule has 3 heterocycles. The molecule has 0 spiro atoms. The zero-order valence-corrected chi connectivity index (χ0v) is 23.1. The van der Waals surface area contributed by atoms with Crippen molar-refractivity contribution in [1.82, 2.24) is 4.98 Å². The van der Waals surface area contributed by atoms with Crippen molar-refractivity contribution < 1.29 is 33.3 Å². The zero-order valence-electron chi connectivity index (χ0n) is 23.1. The van der Waals surface area contributed by atoms with Gasteiger partial charge < -0.3 is 23.7 Å². The van der Waals surface area contributed by atoms with E-state index in [0.29, 0.717) is 31.2 Å². The highest BCUT2D eigenvalue weighted by Crippen LogP contribution is 2.64. The van der Waals surface area contributed by atoms with Crippen molar-refractivity contribution in [3.05, 3.63) is 46.6 Å². The molecule has 2 aromatic rings. The highest BCUT2D eigenvalue weighted by Gasteiger charge is 2.67. The lowest BCUT2D eigenvalue weighted by Gasteiger charge is -2.64. The Morgan fingerprint density at radius 3 is 2.69 bits per heavy atom. The lowest BCUT2D eigenvalue weighted by atomic mass is 9.46. The summed E-state index contributed by atoms with van der Waals surface area (Å²) in [7, 11) is 0. The topological polar surface area (TPSA) is 125 Å². The SMILES string of the molecule is CCCC(=O)O[C@H]1CC2[C@@H](C)[C@@H](OC(C)=O)CC[C@]2(C)C2[C@@H](O)c3c(cc(-c4cccnc4)oc3=O)O[C@@]21C. The molecule has 1 aliphatic heterocycles. The maximum atomic E-state index is 13.3.